The van der Waals surface area contributed by atoms with E-state index in [0.29, 0.717) is 5.56 Å². The number of aromatic nitrogens is 2. The fraction of sp³-hybridized carbons (Fsp3) is 0.412. The predicted molar refractivity (Wildman–Crippen MR) is 103 cm³/mol. The highest BCUT2D eigenvalue weighted by Gasteiger charge is 2.27. The summed E-state index contributed by atoms with van der Waals surface area (Å²) in [7, 11) is 0. The topological polar surface area (TPSA) is 143 Å². The van der Waals surface area contributed by atoms with Gasteiger partial charge >= 0.3 is 17.6 Å². The van der Waals surface area contributed by atoms with Crippen LogP contribution in [0.2, 0.25) is 0 Å². The quantitative estimate of drug-likeness (QED) is 0.387. The molecule has 2 aromatic heterocycles. The summed E-state index contributed by atoms with van der Waals surface area (Å²) < 4.78 is 11.1. The first-order valence-electron chi connectivity index (χ1n) is 8.65. The van der Waals surface area contributed by atoms with Crippen LogP contribution in [-0.2, 0) is 20.8 Å². The Kier molecular flexibility index (Phi) is 7.04. The van der Waals surface area contributed by atoms with E-state index in [1.807, 2.05) is 0 Å². The maximum absolute atomic E-state index is 12.4. The van der Waals surface area contributed by atoms with E-state index in [-0.39, 0.29) is 46.6 Å². The number of esters is 2. The second kappa shape index (κ2) is 9.28. The lowest BCUT2D eigenvalue weighted by Gasteiger charge is -2.07. The second-order valence-corrected chi connectivity index (χ2v) is 6.82. The first kappa shape index (κ1) is 22.0. The first-order valence-corrected chi connectivity index (χ1v) is 9.47. The van der Waals surface area contributed by atoms with E-state index in [4.69, 9.17) is 9.47 Å². The lowest BCUT2D eigenvalue weighted by Crippen LogP contribution is -2.20. The third-order valence-corrected chi connectivity index (χ3v) is 4.95. The van der Waals surface area contributed by atoms with Gasteiger partial charge in [-0.2, -0.15) is 5.10 Å². The molecule has 0 bridgehead atoms. The Balaban J connectivity index is 2.30. The van der Waals surface area contributed by atoms with Crippen molar-refractivity contribution in [3.63, 3.8) is 0 Å². The Hall–Kier alpha value is -3.28. The van der Waals surface area contributed by atoms with Gasteiger partial charge in [0.1, 0.15) is 28.3 Å². The van der Waals surface area contributed by atoms with Crippen LogP contribution in [-0.4, -0.2) is 45.8 Å². The standard InChI is InChI=1S/C17H20N4O7S/c1-5-27-16(23)13-9(3)14(17(24)28-6-2)29-15(13)18-12(22)8-20-7-11(21(25)26)10(4)19-20/h7H,5-6,8H2,1-4H3,(H,18,22). The highest BCUT2D eigenvalue weighted by atomic mass is 32.1. The molecule has 2 aromatic rings. The van der Waals surface area contributed by atoms with Crippen LogP contribution in [0.25, 0.3) is 0 Å². The lowest BCUT2D eigenvalue weighted by atomic mass is 10.1. The van der Waals surface area contributed by atoms with Crippen LogP contribution in [0.1, 0.15) is 45.1 Å². The van der Waals surface area contributed by atoms with Crippen molar-refractivity contribution < 1.29 is 28.8 Å². The van der Waals surface area contributed by atoms with Gasteiger partial charge in [-0.3, -0.25) is 19.6 Å². The number of thiophene rings is 1. The van der Waals surface area contributed by atoms with Gasteiger partial charge in [0.05, 0.1) is 23.7 Å². The number of ether oxygens (including phenoxy) is 2. The maximum Gasteiger partial charge on any atom is 0.348 e. The average Bonchev–Trinajstić information content (AvgIpc) is 3.15. The monoisotopic (exact) mass is 424 g/mol. The molecule has 1 amide bonds. The minimum Gasteiger partial charge on any atom is -0.462 e. The molecule has 0 aliphatic rings. The van der Waals surface area contributed by atoms with Crippen molar-refractivity contribution >= 4 is 39.9 Å². The highest BCUT2D eigenvalue weighted by Crippen LogP contribution is 2.34. The number of nitrogens with zero attached hydrogens (tertiary/aromatic N) is 3. The minimum atomic E-state index is -0.683. The molecule has 0 saturated carbocycles. The van der Waals surface area contributed by atoms with Crippen LogP contribution in [0.15, 0.2) is 6.20 Å². The highest BCUT2D eigenvalue weighted by molar-refractivity contribution is 7.18. The van der Waals surface area contributed by atoms with Crippen molar-refractivity contribution in [2.24, 2.45) is 0 Å². The van der Waals surface area contributed by atoms with E-state index in [9.17, 15) is 24.5 Å². The van der Waals surface area contributed by atoms with Gasteiger partial charge in [0.2, 0.25) is 5.91 Å². The van der Waals surface area contributed by atoms with E-state index in [1.165, 1.54) is 6.92 Å². The number of hydrogen-bond acceptors (Lipinski definition) is 9. The predicted octanol–water partition coefficient (Wildman–Crippen LogP) is 2.46. The molecule has 0 saturated heterocycles. The van der Waals surface area contributed by atoms with Crippen LogP contribution in [0, 0.1) is 24.0 Å². The fourth-order valence-electron chi connectivity index (χ4n) is 2.52. The molecule has 0 atom stereocenters. The average molecular weight is 424 g/mol. The normalized spacial score (nSPS) is 10.5. The number of nitro groups is 1. The fourth-order valence-corrected chi connectivity index (χ4v) is 3.63. The molecule has 156 valence electrons. The molecule has 11 nitrogen and oxygen atoms in total. The van der Waals surface area contributed by atoms with Crippen molar-refractivity contribution in [1.29, 1.82) is 0 Å². The molecule has 2 heterocycles. The van der Waals surface area contributed by atoms with Crippen molar-refractivity contribution in [1.82, 2.24) is 9.78 Å². The van der Waals surface area contributed by atoms with Crippen molar-refractivity contribution in [2.45, 2.75) is 34.2 Å². The van der Waals surface area contributed by atoms with Crippen LogP contribution in [0.4, 0.5) is 10.7 Å². The van der Waals surface area contributed by atoms with Gasteiger partial charge in [0, 0.05) is 0 Å². The number of rotatable bonds is 8. The van der Waals surface area contributed by atoms with E-state index in [1.54, 1.807) is 20.8 Å². The zero-order chi connectivity index (χ0) is 21.7. The maximum atomic E-state index is 12.4. The lowest BCUT2D eigenvalue weighted by molar-refractivity contribution is -0.385. The summed E-state index contributed by atoms with van der Waals surface area (Å²) in [5.41, 5.74) is 0.372. The Morgan fingerprint density at radius 1 is 1.21 bits per heavy atom. The zero-order valence-corrected chi connectivity index (χ0v) is 17.1. The second-order valence-electron chi connectivity index (χ2n) is 5.80. The van der Waals surface area contributed by atoms with Gasteiger partial charge in [-0.15, -0.1) is 11.3 Å². The summed E-state index contributed by atoms with van der Waals surface area (Å²) in [5, 5.41) is 17.5. The van der Waals surface area contributed by atoms with E-state index in [0.717, 1.165) is 22.2 Å². The Bertz CT molecular complexity index is 963. The number of hydrogen-bond donors (Lipinski definition) is 1. The summed E-state index contributed by atoms with van der Waals surface area (Å²) in [6, 6.07) is 0. The van der Waals surface area contributed by atoms with Crippen LogP contribution < -0.4 is 5.32 Å². The van der Waals surface area contributed by atoms with Crippen molar-refractivity contribution in [3.8, 4) is 0 Å². The SMILES string of the molecule is CCOC(=O)c1sc(NC(=O)Cn2cc([N+](=O)[O-])c(C)n2)c(C(=O)OCC)c1C. The molecule has 2 rings (SSSR count). The summed E-state index contributed by atoms with van der Waals surface area (Å²) in [4.78, 5) is 47.4. The number of aryl methyl sites for hydroxylation is 1. The van der Waals surface area contributed by atoms with Crippen LogP contribution in [0.3, 0.4) is 0 Å². The van der Waals surface area contributed by atoms with Gasteiger partial charge < -0.3 is 14.8 Å². The van der Waals surface area contributed by atoms with Gasteiger partial charge in [0.25, 0.3) is 0 Å². The summed E-state index contributed by atoms with van der Waals surface area (Å²) in [6.45, 7) is 6.27. The van der Waals surface area contributed by atoms with Gasteiger partial charge in [0.15, 0.2) is 0 Å². The number of carbonyl (C=O) groups is 3. The number of carbonyl (C=O) groups excluding carboxylic acids is 3. The number of amides is 1. The third-order valence-electron chi connectivity index (χ3n) is 3.76. The molecule has 0 aromatic carbocycles. The summed E-state index contributed by atoms with van der Waals surface area (Å²) in [5.74, 6) is -1.87. The Labute approximate surface area is 169 Å². The summed E-state index contributed by atoms with van der Waals surface area (Å²) in [6.07, 6.45) is 1.14. The Morgan fingerprint density at radius 2 is 1.83 bits per heavy atom. The smallest absolute Gasteiger partial charge is 0.348 e. The molecule has 0 fully saturated rings. The molecule has 0 aliphatic heterocycles. The van der Waals surface area contributed by atoms with E-state index >= 15 is 0 Å². The van der Waals surface area contributed by atoms with E-state index < -0.39 is 22.8 Å². The molecule has 0 radical (unpaired) electrons. The largest absolute Gasteiger partial charge is 0.462 e. The van der Waals surface area contributed by atoms with Crippen LogP contribution >= 0.6 is 11.3 Å². The van der Waals surface area contributed by atoms with Gasteiger partial charge in [-0.05, 0) is 33.3 Å². The molecule has 0 spiro atoms. The molecule has 0 aliphatic carbocycles. The van der Waals surface area contributed by atoms with Gasteiger partial charge in [-0.25, -0.2) is 9.59 Å². The van der Waals surface area contributed by atoms with Gasteiger partial charge in [-0.1, -0.05) is 0 Å². The van der Waals surface area contributed by atoms with Crippen molar-refractivity contribution in [2.75, 3.05) is 18.5 Å². The number of anilines is 1. The molecular weight excluding hydrogens is 404 g/mol. The third kappa shape index (κ3) is 4.96. The zero-order valence-electron chi connectivity index (χ0n) is 16.3. The molecule has 1 N–H and O–H groups in total. The molecular formula is C17H20N4O7S. The minimum absolute atomic E-state index is 0.0656. The summed E-state index contributed by atoms with van der Waals surface area (Å²) >= 11 is 0.895. The molecule has 12 heteroatoms. The Morgan fingerprint density at radius 3 is 2.38 bits per heavy atom. The molecule has 29 heavy (non-hydrogen) atoms. The van der Waals surface area contributed by atoms with Crippen molar-refractivity contribution in [3.05, 3.63) is 38.0 Å². The van der Waals surface area contributed by atoms with E-state index in [2.05, 4.69) is 10.4 Å². The number of nitrogens with one attached hydrogen (secondary N) is 1. The molecule has 0 unspecified atom stereocenters. The van der Waals surface area contributed by atoms with Crippen LogP contribution in [0.5, 0.6) is 0 Å². The first-order chi connectivity index (χ1) is 13.7.